The van der Waals surface area contributed by atoms with Crippen LogP contribution in [0.1, 0.15) is 29.3 Å². The van der Waals surface area contributed by atoms with Crippen molar-refractivity contribution in [2.75, 3.05) is 27.7 Å². The molecule has 0 fully saturated rings. The van der Waals surface area contributed by atoms with E-state index in [9.17, 15) is 0 Å². The van der Waals surface area contributed by atoms with Crippen molar-refractivity contribution < 1.29 is 0 Å². The molecule has 0 aliphatic rings. The molecule has 1 rings (SSSR count). The summed E-state index contributed by atoms with van der Waals surface area (Å²) in [4.78, 5) is 3.85. The van der Waals surface area contributed by atoms with Crippen molar-refractivity contribution in [1.82, 2.24) is 10.2 Å². The first-order valence-electron chi connectivity index (χ1n) is 5.51. The van der Waals surface area contributed by atoms with Crippen LogP contribution >= 0.6 is 11.3 Å². The van der Waals surface area contributed by atoms with E-state index in [1.165, 1.54) is 23.3 Å². The molecular formula is C12H22N2S. The van der Waals surface area contributed by atoms with Gasteiger partial charge in [-0.1, -0.05) is 0 Å². The second-order valence-corrected chi connectivity index (χ2v) is 5.14. The van der Waals surface area contributed by atoms with Crippen LogP contribution in [0.3, 0.4) is 0 Å². The van der Waals surface area contributed by atoms with Crippen molar-refractivity contribution in [3.8, 4) is 0 Å². The average Bonchev–Trinajstić information content (AvgIpc) is 2.59. The Morgan fingerprint density at radius 1 is 1.47 bits per heavy atom. The van der Waals surface area contributed by atoms with E-state index in [1.54, 1.807) is 0 Å². The van der Waals surface area contributed by atoms with E-state index in [2.05, 4.69) is 42.7 Å². The lowest BCUT2D eigenvalue weighted by Gasteiger charge is -2.24. The van der Waals surface area contributed by atoms with Crippen LogP contribution in [0, 0.1) is 6.92 Å². The monoisotopic (exact) mass is 226 g/mol. The summed E-state index contributed by atoms with van der Waals surface area (Å²) in [5.74, 6) is 0. The van der Waals surface area contributed by atoms with E-state index in [-0.39, 0.29) is 0 Å². The van der Waals surface area contributed by atoms with E-state index in [1.807, 2.05) is 18.4 Å². The maximum Gasteiger partial charge on any atom is 0.0438 e. The highest BCUT2D eigenvalue weighted by molar-refractivity contribution is 7.10. The molecule has 1 aromatic rings. The minimum atomic E-state index is 0.582. The van der Waals surface area contributed by atoms with Gasteiger partial charge < -0.3 is 10.2 Å². The molecule has 86 valence electrons. The second-order valence-electron chi connectivity index (χ2n) is 4.19. The molecule has 0 aliphatic heterocycles. The summed E-state index contributed by atoms with van der Waals surface area (Å²) < 4.78 is 0. The van der Waals surface area contributed by atoms with Crippen molar-refractivity contribution >= 4 is 11.3 Å². The molecule has 0 aromatic carbocycles. The molecule has 1 N–H and O–H groups in total. The molecule has 0 saturated heterocycles. The fourth-order valence-corrected chi connectivity index (χ4v) is 2.98. The third-order valence-electron chi connectivity index (χ3n) is 2.73. The first-order valence-corrected chi connectivity index (χ1v) is 6.39. The molecule has 1 atom stereocenters. The topological polar surface area (TPSA) is 15.3 Å². The highest BCUT2D eigenvalue weighted by atomic mass is 32.1. The first kappa shape index (κ1) is 12.7. The number of thiophene rings is 1. The van der Waals surface area contributed by atoms with Gasteiger partial charge >= 0.3 is 0 Å². The summed E-state index contributed by atoms with van der Waals surface area (Å²) in [7, 11) is 6.35. The smallest absolute Gasteiger partial charge is 0.0438 e. The maximum absolute atomic E-state index is 3.21. The molecule has 15 heavy (non-hydrogen) atoms. The van der Waals surface area contributed by atoms with Gasteiger partial charge in [-0.2, -0.15) is 0 Å². The lowest BCUT2D eigenvalue weighted by Crippen LogP contribution is -2.21. The number of nitrogens with zero attached hydrogens (tertiary/aromatic N) is 1. The number of hydrogen-bond donors (Lipinski definition) is 1. The third-order valence-corrected chi connectivity index (χ3v) is 3.85. The van der Waals surface area contributed by atoms with E-state index in [0.29, 0.717) is 6.04 Å². The van der Waals surface area contributed by atoms with Crippen LogP contribution < -0.4 is 5.32 Å². The summed E-state index contributed by atoms with van der Waals surface area (Å²) >= 11 is 1.88. The Balaban J connectivity index is 2.62. The van der Waals surface area contributed by atoms with Crippen LogP contribution in [0.4, 0.5) is 0 Å². The summed E-state index contributed by atoms with van der Waals surface area (Å²) in [6.45, 7) is 3.31. The van der Waals surface area contributed by atoms with Crippen LogP contribution in [-0.2, 0) is 0 Å². The number of nitrogens with one attached hydrogen (secondary N) is 1. The molecule has 0 bridgehead atoms. The van der Waals surface area contributed by atoms with Crippen LogP contribution in [-0.4, -0.2) is 32.6 Å². The Morgan fingerprint density at radius 2 is 2.20 bits per heavy atom. The Bertz CT molecular complexity index is 281. The standard InChI is InChI=1S/C12H22N2S/c1-10-7-9-15-12(10)11(14(3)4)6-5-8-13-2/h7,9,11,13H,5-6,8H2,1-4H3. The van der Waals surface area contributed by atoms with Gasteiger partial charge in [0.05, 0.1) is 0 Å². The molecule has 3 heteroatoms. The molecule has 0 amide bonds. The zero-order valence-electron chi connectivity index (χ0n) is 10.2. The van der Waals surface area contributed by atoms with Gasteiger partial charge in [-0.3, -0.25) is 0 Å². The van der Waals surface area contributed by atoms with Crippen molar-refractivity contribution in [3.63, 3.8) is 0 Å². The summed E-state index contributed by atoms with van der Waals surface area (Å²) in [5, 5.41) is 5.40. The van der Waals surface area contributed by atoms with E-state index >= 15 is 0 Å². The summed E-state index contributed by atoms with van der Waals surface area (Å²) in [5.41, 5.74) is 1.43. The molecule has 0 saturated carbocycles. The van der Waals surface area contributed by atoms with Crippen LogP contribution in [0.5, 0.6) is 0 Å². The highest BCUT2D eigenvalue weighted by Crippen LogP contribution is 2.30. The van der Waals surface area contributed by atoms with Crippen molar-refractivity contribution in [2.24, 2.45) is 0 Å². The Morgan fingerprint density at radius 3 is 2.67 bits per heavy atom. The fourth-order valence-electron chi connectivity index (χ4n) is 1.82. The fraction of sp³-hybridized carbons (Fsp3) is 0.667. The SMILES string of the molecule is CNCCCC(c1sccc1C)N(C)C. The van der Waals surface area contributed by atoms with Gasteiger partial charge in [-0.25, -0.2) is 0 Å². The van der Waals surface area contributed by atoms with Crippen molar-refractivity contribution in [3.05, 3.63) is 21.9 Å². The Hall–Kier alpha value is -0.380. The predicted molar refractivity (Wildman–Crippen MR) is 68.6 cm³/mol. The van der Waals surface area contributed by atoms with Gasteiger partial charge in [0, 0.05) is 10.9 Å². The normalized spacial score (nSPS) is 13.4. The van der Waals surface area contributed by atoms with Crippen LogP contribution in [0.25, 0.3) is 0 Å². The Labute approximate surface area is 97.3 Å². The van der Waals surface area contributed by atoms with Gasteiger partial charge in [0.25, 0.3) is 0 Å². The molecule has 1 aromatic heterocycles. The van der Waals surface area contributed by atoms with E-state index in [4.69, 9.17) is 0 Å². The first-order chi connectivity index (χ1) is 7.16. The van der Waals surface area contributed by atoms with Gasteiger partial charge in [0.1, 0.15) is 0 Å². The zero-order chi connectivity index (χ0) is 11.3. The second kappa shape index (κ2) is 6.26. The molecule has 2 nitrogen and oxygen atoms in total. The molecule has 1 heterocycles. The maximum atomic E-state index is 3.21. The van der Waals surface area contributed by atoms with Crippen LogP contribution in [0.2, 0.25) is 0 Å². The summed E-state index contributed by atoms with van der Waals surface area (Å²) in [6.07, 6.45) is 2.46. The molecule has 1 unspecified atom stereocenters. The third kappa shape index (κ3) is 3.59. The number of aryl methyl sites for hydroxylation is 1. The van der Waals surface area contributed by atoms with Gasteiger partial charge in [-0.05, 0) is 64.5 Å². The Kier molecular flexibility index (Phi) is 5.29. The zero-order valence-corrected chi connectivity index (χ0v) is 11.0. The van der Waals surface area contributed by atoms with Gasteiger partial charge in [0.2, 0.25) is 0 Å². The largest absolute Gasteiger partial charge is 0.320 e. The minimum absolute atomic E-state index is 0.582. The minimum Gasteiger partial charge on any atom is -0.320 e. The molecule has 0 spiro atoms. The van der Waals surface area contributed by atoms with E-state index < -0.39 is 0 Å². The number of hydrogen-bond acceptors (Lipinski definition) is 3. The predicted octanol–water partition coefficient (Wildman–Crippen LogP) is 2.66. The molecular weight excluding hydrogens is 204 g/mol. The molecule has 0 radical (unpaired) electrons. The summed E-state index contributed by atoms with van der Waals surface area (Å²) in [6, 6.07) is 2.80. The number of rotatable bonds is 6. The molecule has 0 aliphatic carbocycles. The van der Waals surface area contributed by atoms with Crippen molar-refractivity contribution in [1.29, 1.82) is 0 Å². The van der Waals surface area contributed by atoms with Gasteiger partial charge in [-0.15, -0.1) is 11.3 Å². The van der Waals surface area contributed by atoms with Crippen molar-refractivity contribution in [2.45, 2.75) is 25.8 Å². The highest BCUT2D eigenvalue weighted by Gasteiger charge is 2.16. The average molecular weight is 226 g/mol. The van der Waals surface area contributed by atoms with Crippen LogP contribution in [0.15, 0.2) is 11.4 Å². The van der Waals surface area contributed by atoms with Gasteiger partial charge in [0.15, 0.2) is 0 Å². The lowest BCUT2D eigenvalue weighted by atomic mass is 10.1. The van der Waals surface area contributed by atoms with E-state index in [0.717, 1.165) is 6.54 Å². The quantitative estimate of drug-likeness (QED) is 0.750. The lowest BCUT2D eigenvalue weighted by molar-refractivity contribution is 0.282.